The van der Waals surface area contributed by atoms with E-state index in [0.717, 1.165) is 49.9 Å². The van der Waals surface area contributed by atoms with Crippen molar-refractivity contribution >= 4 is 24.5 Å². The predicted octanol–water partition coefficient (Wildman–Crippen LogP) is 1.49. The zero-order valence-corrected chi connectivity index (χ0v) is 11.8. The minimum atomic E-state index is 0.637. The van der Waals surface area contributed by atoms with E-state index < -0.39 is 0 Å². The Bertz CT molecular complexity index is 468. The second-order valence-corrected chi connectivity index (χ2v) is 5.59. The topological polar surface area (TPSA) is 39.6 Å². The fourth-order valence-electron chi connectivity index (χ4n) is 2.66. The maximum absolute atomic E-state index is 7.27. The molecule has 5 heteroatoms. The molecule has 3 rings (SSSR count). The fraction of sp³-hybridized carbons (Fsp3) is 0.500. The molecule has 0 radical (unpaired) electrons. The molecule has 0 bridgehead atoms. The highest BCUT2D eigenvalue weighted by Crippen LogP contribution is 2.26. The van der Waals surface area contributed by atoms with Crippen LogP contribution in [0.25, 0.3) is 0 Å². The van der Waals surface area contributed by atoms with Gasteiger partial charge in [0.05, 0.1) is 24.9 Å². The van der Waals surface area contributed by atoms with Crippen LogP contribution in [-0.2, 0) is 4.74 Å². The van der Waals surface area contributed by atoms with Gasteiger partial charge >= 0.3 is 0 Å². The Morgan fingerprint density at radius 3 is 2.47 bits per heavy atom. The molecule has 1 aromatic carbocycles. The highest BCUT2D eigenvalue weighted by Gasteiger charge is 2.29. The lowest BCUT2D eigenvalue weighted by molar-refractivity contribution is -0.0660. The quantitative estimate of drug-likeness (QED) is 0.649. The number of thiol groups is 1. The minimum Gasteiger partial charge on any atom is -0.378 e. The molecule has 2 heterocycles. The highest BCUT2D eigenvalue weighted by molar-refractivity contribution is 7.80. The molecule has 0 aromatic heterocycles. The monoisotopic (exact) mass is 277 g/mol. The van der Waals surface area contributed by atoms with Crippen LogP contribution in [0.15, 0.2) is 23.1 Å². The molecule has 1 aromatic rings. The Hall–Kier alpha value is -1.04. The van der Waals surface area contributed by atoms with Gasteiger partial charge < -0.3 is 15.0 Å². The Morgan fingerprint density at radius 1 is 1.21 bits per heavy atom. The number of benzene rings is 1. The van der Waals surface area contributed by atoms with E-state index in [0.29, 0.717) is 6.04 Å². The number of hydrogen-bond donors (Lipinski definition) is 2. The van der Waals surface area contributed by atoms with Gasteiger partial charge in [0.25, 0.3) is 0 Å². The second kappa shape index (κ2) is 5.53. The molecule has 1 N–H and O–H groups in total. The van der Waals surface area contributed by atoms with Gasteiger partial charge in [-0.2, -0.15) is 0 Å². The van der Waals surface area contributed by atoms with Crippen molar-refractivity contribution in [1.29, 1.82) is 5.41 Å². The van der Waals surface area contributed by atoms with E-state index in [4.69, 9.17) is 10.1 Å². The third-order valence-corrected chi connectivity index (χ3v) is 4.32. The molecule has 0 atom stereocenters. The summed E-state index contributed by atoms with van der Waals surface area (Å²) < 4.78 is 5.26. The molecule has 0 spiro atoms. The first kappa shape index (κ1) is 13.0. The van der Waals surface area contributed by atoms with Crippen LogP contribution in [-0.4, -0.2) is 56.5 Å². The summed E-state index contributed by atoms with van der Waals surface area (Å²) in [5.41, 5.74) is 2.08. The van der Waals surface area contributed by atoms with Crippen molar-refractivity contribution in [3.8, 4) is 0 Å². The number of rotatable bonds is 3. The smallest absolute Gasteiger partial charge is 0.0645 e. The van der Waals surface area contributed by atoms with Crippen molar-refractivity contribution in [3.05, 3.63) is 23.8 Å². The Labute approximate surface area is 119 Å². The molecule has 0 unspecified atom stereocenters. The van der Waals surface area contributed by atoms with Crippen molar-refractivity contribution in [2.24, 2.45) is 0 Å². The molecule has 19 heavy (non-hydrogen) atoms. The predicted molar refractivity (Wildman–Crippen MR) is 80.0 cm³/mol. The van der Waals surface area contributed by atoms with Gasteiger partial charge in [0.2, 0.25) is 0 Å². The van der Waals surface area contributed by atoms with Crippen molar-refractivity contribution in [2.75, 3.05) is 44.3 Å². The number of piperazine rings is 1. The van der Waals surface area contributed by atoms with Crippen LogP contribution in [0.3, 0.4) is 0 Å². The van der Waals surface area contributed by atoms with Gasteiger partial charge in [0.15, 0.2) is 0 Å². The zero-order valence-electron chi connectivity index (χ0n) is 10.9. The average Bonchev–Trinajstić information content (AvgIpc) is 2.38. The van der Waals surface area contributed by atoms with Crippen LogP contribution in [0.4, 0.5) is 5.69 Å². The Balaban J connectivity index is 1.65. The van der Waals surface area contributed by atoms with E-state index in [1.54, 1.807) is 0 Å². The van der Waals surface area contributed by atoms with Crippen molar-refractivity contribution in [1.82, 2.24) is 4.90 Å². The van der Waals surface area contributed by atoms with Crippen molar-refractivity contribution in [3.63, 3.8) is 0 Å². The molecule has 2 saturated heterocycles. The van der Waals surface area contributed by atoms with Gasteiger partial charge in [-0.3, -0.25) is 4.90 Å². The highest BCUT2D eigenvalue weighted by atomic mass is 32.1. The molecule has 0 aliphatic carbocycles. The van der Waals surface area contributed by atoms with E-state index in [-0.39, 0.29) is 0 Å². The lowest BCUT2D eigenvalue weighted by Gasteiger charge is -2.43. The molecular formula is C14H19N3OS. The van der Waals surface area contributed by atoms with Crippen LogP contribution in [0.5, 0.6) is 0 Å². The van der Waals surface area contributed by atoms with E-state index in [1.807, 2.05) is 12.1 Å². The summed E-state index contributed by atoms with van der Waals surface area (Å²) in [5, 5.41) is 7.27. The normalized spacial score (nSPS) is 21.2. The maximum atomic E-state index is 7.27. The van der Waals surface area contributed by atoms with Crippen LogP contribution in [0.2, 0.25) is 0 Å². The number of ether oxygens (including phenoxy) is 1. The first-order chi connectivity index (χ1) is 9.28. The molecule has 2 aliphatic rings. The summed E-state index contributed by atoms with van der Waals surface area (Å²) >= 11 is 4.55. The number of nitrogens with zero attached hydrogens (tertiary/aromatic N) is 2. The SMILES string of the molecule is N=Cc1ccc(N2CCN(C3COC3)CC2)c(S)c1. The van der Waals surface area contributed by atoms with Gasteiger partial charge in [0, 0.05) is 37.3 Å². The molecule has 0 amide bonds. The van der Waals surface area contributed by atoms with Crippen LogP contribution in [0, 0.1) is 5.41 Å². The molecule has 0 saturated carbocycles. The summed E-state index contributed by atoms with van der Waals surface area (Å²) in [6.07, 6.45) is 1.36. The Morgan fingerprint density at radius 2 is 1.95 bits per heavy atom. The average molecular weight is 277 g/mol. The summed E-state index contributed by atoms with van der Waals surface area (Å²) in [6.45, 7) is 6.04. The fourth-order valence-corrected chi connectivity index (χ4v) is 3.02. The van der Waals surface area contributed by atoms with Gasteiger partial charge in [-0.15, -0.1) is 12.6 Å². The standard InChI is InChI=1S/C14H19N3OS/c15-8-11-1-2-13(14(19)7-11)17-5-3-16(4-6-17)12-9-18-10-12/h1-2,7-8,12,15,19H,3-6,9-10H2. The Kier molecular flexibility index (Phi) is 3.77. The van der Waals surface area contributed by atoms with Gasteiger partial charge in [-0.25, -0.2) is 0 Å². The van der Waals surface area contributed by atoms with Crippen molar-refractivity contribution < 1.29 is 4.74 Å². The van der Waals surface area contributed by atoms with Gasteiger partial charge in [0.1, 0.15) is 0 Å². The molecule has 4 nitrogen and oxygen atoms in total. The summed E-state index contributed by atoms with van der Waals surface area (Å²) in [7, 11) is 0. The number of hydrogen-bond acceptors (Lipinski definition) is 5. The first-order valence-corrected chi connectivity index (χ1v) is 7.13. The molecule has 2 fully saturated rings. The van der Waals surface area contributed by atoms with Crippen LogP contribution < -0.4 is 4.90 Å². The first-order valence-electron chi connectivity index (χ1n) is 6.68. The van der Waals surface area contributed by atoms with Gasteiger partial charge in [-0.05, 0) is 17.7 Å². The third kappa shape index (κ3) is 2.63. The largest absolute Gasteiger partial charge is 0.378 e. The lowest BCUT2D eigenvalue weighted by Crippen LogP contribution is -2.56. The van der Waals surface area contributed by atoms with E-state index in [9.17, 15) is 0 Å². The molecule has 102 valence electrons. The van der Waals surface area contributed by atoms with E-state index >= 15 is 0 Å². The number of nitrogens with one attached hydrogen (secondary N) is 1. The lowest BCUT2D eigenvalue weighted by atomic mass is 10.1. The summed E-state index contributed by atoms with van der Waals surface area (Å²) in [6, 6.07) is 6.65. The van der Waals surface area contributed by atoms with Crippen LogP contribution in [0.1, 0.15) is 5.56 Å². The van der Waals surface area contributed by atoms with Crippen molar-refractivity contribution in [2.45, 2.75) is 10.9 Å². The summed E-state index contributed by atoms with van der Waals surface area (Å²) in [5.74, 6) is 0. The number of anilines is 1. The van der Waals surface area contributed by atoms with E-state index in [1.165, 1.54) is 11.9 Å². The summed E-state index contributed by atoms with van der Waals surface area (Å²) in [4.78, 5) is 5.86. The maximum Gasteiger partial charge on any atom is 0.0645 e. The van der Waals surface area contributed by atoms with Crippen LogP contribution >= 0.6 is 12.6 Å². The third-order valence-electron chi connectivity index (χ3n) is 3.96. The molecule has 2 aliphatic heterocycles. The van der Waals surface area contributed by atoms with E-state index in [2.05, 4.69) is 28.5 Å². The minimum absolute atomic E-state index is 0.637. The molecular weight excluding hydrogens is 258 g/mol. The van der Waals surface area contributed by atoms with Gasteiger partial charge in [-0.1, -0.05) is 6.07 Å². The zero-order chi connectivity index (χ0) is 13.2. The second-order valence-electron chi connectivity index (χ2n) is 5.11.